The van der Waals surface area contributed by atoms with E-state index in [1.165, 1.54) is 23.9 Å². The molecule has 4 rings (SSSR count). The third-order valence-corrected chi connectivity index (χ3v) is 5.16. The number of H-pyrrole nitrogens is 1. The first-order valence-electron chi connectivity index (χ1n) is 8.71. The van der Waals surface area contributed by atoms with E-state index in [1.54, 1.807) is 22.9 Å². The predicted molar refractivity (Wildman–Crippen MR) is 104 cm³/mol. The fraction of sp³-hybridized carbons (Fsp3) is 0.150. The second-order valence-electron chi connectivity index (χ2n) is 6.11. The maximum absolute atomic E-state index is 13.0. The zero-order valence-electron chi connectivity index (χ0n) is 14.8. The van der Waals surface area contributed by atoms with E-state index in [1.807, 2.05) is 30.3 Å². The molecular weight excluding hydrogens is 379 g/mol. The fourth-order valence-electron chi connectivity index (χ4n) is 2.75. The average Bonchev–Trinajstić information content (AvgIpc) is 3.33. The molecule has 142 valence electrons. The molecule has 8 heteroatoms. The second-order valence-corrected chi connectivity index (χ2v) is 7.05. The molecule has 0 amide bonds. The van der Waals surface area contributed by atoms with Gasteiger partial charge >= 0.3 is 5.69 Å². The predicted octanol–water partition coefficient (Wildman–Crippen LogP) is 3.90. The Morgan fingerprint density at radius 2 is 1.89 bits per heavy atom. The molecule has 0 fully saturated rings. The molecule has 0 unspecified atom stereocenters. The van der Waals surface area contributed by atoms with E-state index in [0.29, 0.717) is 29.1 Å². The number of hydrogen-bond acceptors (Lipinski definition) is 5. The van der Waals surface area contributed by atoms with Crippen molar-refractivity contribution in [3.63, 3.8) is 0 Å². The lowest BCUT2D eigenvalue weighted by atomic mass is 10.1. The molecule has 2 heterocycles. The topological polar surface area (TPSA) is 76.7 Å². The highest BCUT2D eigenvalue weighted by Gasteiger charge is 2.12. The molecule has 6 nitrogen and oxygen atoms in total. The smallest absolute Gasteiger partial charge is 0.343 e. The minimum absolute atomic E-state index is 0.238. The summed E-state index contributed by atoms with van der Waals surface area (Å²) in [4.78, 5) is 16.3. The van der Waals surface area contributed by atoms with Crippen LogP contribution in [0.3, 0.4) is 0 Å². The number of thioether (sulfide) groups is 1. The Morgan fingerprint density at radius 3 is 2.68 bits per heavy atom. The van der Waals surface area contributed by atoms with Crippen molar-refractivity contribution in [3.8, 4) is 11.3 Å². The molecule has 0 bridgehead atoms. The summed E-state index contributed by atoms with van der Waals surface area (Å²) in [5, 5.41) is 7.18. The number of aryl methyl sites for hydroxylation is 1. The summed E-state index contributed by atoms with van der Waals surface area (Å²) in [6, 6.07) is 16.0. The lowest BCUT2D eigenvalue weighted by Gasteiger charge is -2.05. The molecule has 2 aromatic carbocycles. The second kappa shape index (κ2) is 8.26. The molecule has 0 aliphatic heterocycles. The van der Waals surface area contributed by atoms with Gasteiger partial charge in [0.05, 0.1) is 11.9 Å². The summed E-state index contributed by atoms with van der Waals surface area (Å²) in [5.74, 6) is 1.20. The summed E-state index contributed by atoms with van der Waals surface area (Å²) in [5.41, 5.74) is 1.67. The monoisotopic (exact) mass is 396 g/mol. The van der Waals surface area contributed by atoms with Gasteiger partial charge in [-0.25, -0.2) is 19.3 Å². The molecule has 0 atom stereocenters. The van der Waals surface area contributed by atoms with Crippen LogP contribution in [0.5, 0.6) is 0 Å². The maximum atomic E-state index is 13.0. The minimum Gasteiger partial charge on any atom is -0.440 e. The highest BCUT2D eigenvalue weighted by atomic mass is 32.2. The lowest BCUT2D eigenvalue weighted by molar-refractivity contribution is 0.529. The Morgan fingerprint density at radius 1 is 1.11 bits per heavy atom. The number of hydrogen-bond donors (Lipinski definition) is 1. The lowest BCUT2D eigenvalue weighted by Crippen LogP contribution is -2.18. The van der Waals surface area contributed by atoms with E-state index in [9.17, 15) is 9.18 Å². The molecule has 0 aliphatic rings. The number of halogens is 1. The van der Waals surface area contributed by atoms with Gasteiger partial charge in [-0.2, -0.15) is 0 Å². The van der Waals surface area contributed by atoms with Gasteiger partial charge in [-0.05, 0) is 36.2 Å². The summed E-state index contributed by atoms with van der Waals surface area (Å²) >= 11 is 1.37. The first-order chi connectivity index (χ1) is 13.7. The van der Waals surface area contributed by atoms with Crippen LogP contribution in [-0.2, 0) is 18.7 Å². The molecule has 4 aromatic rings. The van der Waals surface area contributed by atoms with E-state index in [-0.39, 0.29) is 11.5 Å². The number of aromatic nitrogens is 4. The van der Waals surface area contributed by atoms with Gasteiger partial charge in [0.1, 0.15) is 5.82 Å². The van der Waals surface area contributed by atoms with Gasteiger partial charge in [0.25, 0.3) is 0 Å². The average molecular weight is 396 g/mol. The van der Waals surface area contributed by atoms with Crippen molar-refractivity contribution in [1.82, 2.24) is 19.7 Å². The van der Waals surface area contributed by atoms with E-state index in [0.717, 1.165) is 17.5 Å². The van der Waals surface area contributed by atoms with Crippen molar-refractivity contribution in [3.05, 3.63) is 88.5 Å². The van der Waals surface area contributed by atoms with Crippen LogP contribution in [0.1, 0.15) is 11.5 Å². The number of aromatic amines is 1. The normalized spacial score (nSPS) is 11.0. The number of benzene rings is 2. The first-order valence-corrected chi connectivity index (χ1v) is 9.70. The standard InChI is InChI=1S/C20H17FN4O2S/c21-16-8-6-15(7-9-16)17-12-22-18(27-17)13-28-20-24-23-19(26)25(20)11-10-14-4-2-1-3-5-14/h1-9,12H,10-11,13H2,(H,23,26). The molecular formula is C20H17FN4O2S. The van der Waals surface area contributed by atoms with Crippen LogP contribution in [0.4, 0.5) is 4.39 Å². The largest absolute Gasteiger partial charge is 0.440 e. The van der Waals surface area contributed by atoms with E-state index in [4.69, 9.17) is 4.42 Å². The first kappa shape index (κ1) is 18.2. The Hall–Kier alpha value is -3.13. The molecule has 2 aromatic heterocycles. The van der Waals surface area contributed by atoms with Crippen LogP contribution < -0.4 is 5.69 Å². The maximum Gasteiger partial charge on any atom is 0.343 e. The highest BCUT2D eigenvalue weighted by Crippen LogP contribution is 2.24. The SMILES string of the molecule is O=c1[nH]nc(SCc2ncc(-c3ccc(F)cc3)o2)n1CCc1ccccc1. The van der Waals surface area contributed by atoms with Crippen molar-refractivity contribution in [2.45, 2.75) is 23.9 Å². The third-order valence-electron chi connectivity index (χ3n) is 4.20. The molecule has 0 saturated heterocycles. The van der Waals surface area contributed by atoms with Gasteiger partial charge in [-0.3, -0.25) is 4.57 Å². The van der Waals surface area contributed by atoms with Gasteiger partial charge in [-0.1, -0.05) is 42.1 Å². The van der Waals surface area contributed by atoms with E-state index < -0.39 is 0 Å². The molecule has 0 saturated carbocycles. The van der Waals surface area contributed by atoms with Crippen molar-refractivity contribution in [2.75, 3.05) is 0 Å². The quantitative estimate of drug-likeness (QED) is 0.480. The fourth-order valence-corrected chi connectivity index (χ4v) is 3.57. The third kappa shape index (κ3) is 4.23. The zero-order chi connectivity index (χ0) is 19.3. The number of nitrogens with one attached hydrogen (secondary N) is 1. The van der Waals surface area contributed by atoms with Crippen molar-refractivity contribution >= 4 is 11.8 Å². The van der Waals surface area contributed by atoms with Crippen LogP contribution >= 0.6 is 11.8 Å². The molecule has 0 spiro atoms. The van der Waals surface area contributed by atoms with Gasteiger partial charge in [0.2, 0.25) is 5.89 Å². The van der Waals surface area contributed by atoms with Gasteiger partial charge in [0.15, 0.2) is 10.9 Å². The Kier molecular flexibility index (Phi) is 5.38. The van der Waals surface area contributed by atoms with E-state index >= 15 is 0 Å². The number of oxazole rings is 1. The molecule has 0 aliphatic carbocycles. The molecule has 1 N–H and O–H groups in total. The minimum atomic E-state index is -0.300. The van der Waals surface area contributed by atoms with Gasteiger partial charge in [0, 0.05) is 12.1 Å². The summed E-state index contributed by atoms with van der Waals surface area (Å²) in [6.07, 6.45) is 2.34. The van der Waals surface area contributed by atoms with Crippen LogP contribution in [0.2, 0.25) is 0 Å². The Bertz CT molecular complexity index is 1100. The van der Waals surface area contributed by atoms with Crippen molar-refractivity contribution < 1.29 is 8.81 Å². The van der Waals surface area contributed by atoms with Crippen molar-refractivity contribution in [2.24, 2.45) is 0 Å². The molecule has 0 radical (unpaired) electrons. The van der Waals surface area contributed by atoms with Crippen LogP contribution in [-0.4, -0.2) is 19.7 Å². The Labute approximate surface area is 164 Å². The summed E-state index contributed by atoms with van der Waals surface area (Å²) in [7, 11) is 0. The van der Waals surface area contributed by atoms with Crippen LogP contribution in [0.25, 0.3) is 11.3 Å². The Balaban J connectivity index is 1.41. The number of nitrogens with zero attached hydrogens (tertiary/aromatic N) is 3. The zero-order valence-corrected chi connectivity index (χ0v) is 15.7. The van der Waals surface area contributed by atoms with E-state index in [2.05, 4.69) is 15.2 Å². The number of rotatable bonds is 7. The van der Waals surface area contributed by atoms with Gasteiger partial charge in [-0.15, -0.1) is 5.10 Å². The highest BCUT2D eigenvalue weighted by molar-refractivity contribution is 7.98. The van der Waals surface area contributed by atoms with Crippen LogP contribution in [0.15, 0.2) is 75.2 Å². The van der Waals surface area contributed by atoms with Crippen LogP contribution in [0, 0.1) is 5.82 Å². The molecule has 28 heavy (non-hydrogen) atoms. The summed E-state index contributed by atoms with van der Waals surface area (Å²) < 4.78 is 20.4. The van der Waals surface area contributed by atoms with Gasteiger partial charge < -0.3 is 4.42 Å². The summed E-state index contributed by atoms with van der Waals surface area (Å²) in [6.45, 7) is 0.536. The van der Waals surface area contributed by atoms with Crippen molar-refractivity contribution in [1.29, 1.82) is 0 Å².